The number of urea groups is 1. The van der Waals surface area contributed by atoms with Gasteiger partial charge in [-0.15, -0.1) is 0 Å². The third-order valence-corrected chi connectivity index (χ3v) is 3.90. The highest BCUT2D eigenvalue weighted by atomic mass is 79.9. The molecule has 0 saturated carbocycles. The van der Waals surface area contributed by atoms with Crippen molar-refractivity contribution in [3.05, 3.63) is 58.3 Å². The third-order valence-electron chi connectivity index (χ3n) is 3.41. The summed E-state index contributed by atoms with van der Waals surface area (Å²) >= 11 is 3.16. The van der Waals surface area contributed by atoms with Gasteiger partial charge in [-0.2, -0.15) is 0 Å². The van der Waals surface area contributed by atoms with Crippen LogP contribution in [0.25, 0.3) is 0 Å². The molecular weight excluding hydrogens is 407 g/mol. The molecule has 0 saturated heterocycles. The SMILES string of the molecule is CC(NC(=O)C(=O)Nc1cc(Br)ccc1F)c1ccc(NC(N)=O)cc1. The molecule has 0 fully saturated rings. The van der Waals surface area contributed by atoms with Gasteiger partial charge in [0, 0.05) is 10.2 Å². The molecule has 5 N–H and O–H groups in total. The Balaban J connectivity index is 1.98. The lowest BCUT2D eigenvalue weighted by Gasteiger charge is -2.15. The van der Waals surface area contributed by atoms with Crippen LogP contribution in [0.3, 0.4) is 0 Å². The molecule has 0 spiro atoms. The summed E-state index contributed by atoms with van der Waals surface area (Å²) in [6.45, 7) is 1.68. The number of halogens is 2. The van der Waals surface area contributed by atoms with E-state index in [9.17, 15) is 18.8 Å². The number of nitrogens with one attached hydrogen (secondary N) is 3. The molecule has 4 amide bonds. The predicted octanol–water partition coefficient (Wildman–Crippen LogP) is 2.89. The van der Waals surface area contributed by atoms with Gasteiger partial charge < -0.3 is 21.7 Å². The van der Waals surface area contributed by atoms with Crippen LogP contribution < -0.4 is 21.7 Å². The van der Waals surface area contributed by atoms with Gasteiger partial charge in [-0.3, -0.25) is 9.59 Å². The molecule has 9 heteroatoms. The Morgan fingerprint density at radius 2 is 1.69 bits per heavy atom. The van der Waals surface area contributed by atoms with Crippen molar-refractivity contribution < 1.29 is 18.8 Å². The van der Waals surface area contributed by atoms with Crippen LogP contribution in [0.4, 0.5) is 20.6 Å². The minimum atomic E-state index is -0.985. The molecule has 2 aromatic carbocycles. The summed E-state index contributed by atoms with van der Waals surface area (Å²) in [6.07, 6.45) is 0. The van der Waals surface area contributed by atoms with Crippen LogP contribution in [0.5, 0.6) is 0 Å². The fourth-order valence-corrected chi connectivity index (χ4v) is 2.48. The molecule has 26 heavy (non-hydrogen) atoms. The number of anilines is 2. The van der Waals surface area contributed by atoms with Gasteiger partial charge in [0.1, 0.15) is 5.82 Å². The molecule has 1 unspecified atom stereocenters. The van der Waals surface area contributed by atoms with E-state index in [4.69, 9.17) is 5.73 Å². The van der Waals surface area contributed by atoms with Crippen molar-refractivity contribution in [2.75, 3.05) is 10.6 Å². The van der Waals surface area contributed by atoms with Gasteiger partial charge in [-0.05, 0) is 42.8 Å². The maximum Gasteiger partial charge on any atom is 0.316 e. The van der Waals surface area contributed by atoms with Crippen LogP contribution in [0.2, 0.25) is 0 Å². The van der Waals surface area contributed by atoms with Crippen LogP contribution in [0.15, 0.2) is 46.9 Å². The first kappa shape index (κ1) is 19.4. The highest BCUT2D eigenvalue weighted by molar-refractivity contribution is 9.10. The average molecular weight is 423 g/mol. The largest absolute Gasteiger partial charge is 0.351 e. The van der Waals surface area contributed by atoms with Gasteiger partial charge in [0.2, 0.25) is 0 Å². The Kier molecular flexibility index (Phi) is 6.29. The van der Waals surface area contributed by atoms with Crippen LogP contribution in [-0.4, -0.2) is 17.8 Å². The molecule has 1 atom stereocenters. The van der Waals surface area contributed by atoms with Gasteiger partial charge in [-0.1, -0.05) is 28.1 Å². The number of benzene rings is 2. The number of amides is 4. The smallest absolute Gasteiger partial charge is 0.316 e. The third kappa shape index (κ3) is 5.28. The monoisotopic (exact) mass is 422 g/mol. The maximum atomic E-state index is 13.6. The quantitative estimate of drug-likeness (QED) is 0.567. The lowest BCUT2D eigenvalue weighted by Crippen LogP contribution is -2.37. The van der Waals surface area contributed by atoms with E-state index in [1.807, 2.05) is 0 Å². The molecule has 2 aromatic rings. The van der Waals surface area contributed by atoms with E-state index < -0.39 is 29.7 Å². The van der Waals surface area contributed by atoms with Crippen molar-refractivity contribution in [1.82, 2.24) is 5.32 Å². The Morgan fingerprint density at radius 3 is 2.31 bits per heavy atom. The zero-order chi connectivity index (χ0) is 19.3. The van der Waals surface area contributed by atoms with Crippen molar-refractivity contribution in [2.24, 2.45) is 5.73 Å². The normalized spacial score (nSPS) is 11.3. The minimum absolute atomic E-state index is 0.103. The van der Waals surface area contributed by atoms with E-state index in [2.05, 4.69) is 31.9 Å². The number of primary amides is 1. The van der Waals surface area contributed by atoms with Gasteiger partial charge in [0.05, 0.1) is 11.7 Å². The van der Waals surface area contributed by atoms with Crippen molar-refractivity contribution in [1.29, 1.82) is 0 Å². The molecule has 0 radical (unpaired) electrons. The van der Waals surface area contributed by atoms with Crippen molar-refractivity contribution in [2.45, 2.75) is 13.0 Å². The van der Waals surface area contributed by atoms with E-state index >= 15 is 0 Å². The number of carbonyl (C=O) groups excluding carboxylic acids is 3. The predicted molar refractivity (Wildman–Crippen MR) is 98.9 cm³/mol. The number of hydrogen-bond donors (Lipinski definition) is 4. The second-order valence-electron chi connectivity index (χ2n) is 5.38. The molecule has 2 rings (SSSR count). The summed E-state index contributed by atoms with van der Waals surface area (Å²) in [5, 5.41) is 7.15. The Morgan fingerprint density at radius 1 is 1.04 bits per heavy atom. The van der Waals surface area contributed by atoms with E-state index in [0.29, 0.717) is 15.7 Å². The zero-order valence-corrected chi connectivity index (χ0v) is 15.3. The van der Waals surface area contributed by atoms with E-state index in [-0.39, 0.29) is 5.69 Å². The average Bonchev–Trinajstić information content (AvgIpc) is 2.58. The standard InChI is InChI=1S/C17H16BrFN4O3/c1-9(10-2-5-12(6-3-10)22-17(20)26)21-15(24)16(25)23-14-8-11(18)4-7-13(14)19/h2-9H,1H3,(H,21,24)(H,23,25)(H3,20,22,26). The Hall–Kier alpha value is -2.94. The molecule has 7 nitrogen and oxygen atoms in total. The van der Waals surface area contributed by atoms with Gasteiger partial charge in [0.25, 0.3) is 0 Å². The molecule has 0 heterocycles. The van der Waals surface area contributed by atoms with E-state index in [0.717, 1.165) is 0 Å². The molecule has 0 aliphatic carbocycles. The number of nitrogens with two attached hydrogens (primary N) is 1. The van der Waals surface area contributed by atoms with Crippen molar-refractivity contribution in [3.8, 4) is 0 Å². The van der Waals surface area contributed by atoms with E-state index in [1.54, 1.807) is 31.2 Å². The maximum absolute atomic E-state index is 13.6. The molecule has 0 bridgehead atoms. The fourth-order valence-electron chi connectivity index (χ4n) is 2.12. The molecule has 0 aromatic heterocycles. The fraction of sp³-hybridized carbons (Fsp3) is 0.118. The van der Waals surface area contributed by atoms with Crippen LogP contribution >= 0.6 is 15.9 Å². The first-order valence-electron chi connectivity index (χ1n) is 7.49. The number of rotatable bonds is 4. The minimum Gasteiger partial charge on any atom is -0.351 e. The first-order chi connectivity index (χ1) is 12.3. The number of hydrogen-bond acceptors (Lipinski definition) is 3. The van der Waals surface area contributed by atoms with Gasteiger partial charge in [0.15, 0.2) is 0 Å². The van der Waals surface area contributed by atoms with Crippen LogP contribution in [0.1, 0.15) is 18.5 Å². The summed E-state index contributed by atoms with van der Waals surface area (Å²) < 4.78 is 14.2. The lowest BCUT2D eigenvalue weighted by molar-refractivity contribution is -0.136. The molecule has 136 valence electrons. The first-order valence-corrected chi connectivity index (χ1v) is 8.29. The van der Waals surface area contributed by atoms with Gasteiger partial charge in [-0.25, -0.2) is 9.18 Å². The van der Waals surface area contributed by atoms with Crippen molar-refractivity contribution >= 4 is 45.2 Å². The molecule has 0 aliphatic heterocycles. The lowest BCUT2D eigenvalue weighted by atomic mass is 10.1. The van der Waals surface area contributed by atoms with Crippen molar-refractivity contribution in [3.63, 3.8) is 0 Å². The van der Waals surface area contributed by atoms with E-state index in [1.165, 1.54) is 18.2 Å². The summed E-state index contributed by atoms with van der Waals surface area (Å²) in [6, 6.07) is 9.39. The Labute approximate surface area is 157 Å². The second-order valence-corrected chi connectivity index (χ2v) is 6.30. The zero-order valence-electron chi connectivity index (χ0n) is 13.7. The van der Waals surface area contributed by atoms with Gasteiger partial charge >= 0.3 is 17.8 Å². The summed E-state index contributed by atoms with van der Waals surface area (Å²) in [5.74, 6) is -2.54. The molecular formula is C17H16BrFN4O3. The molecule has 0 aliphatic rings. The highest BCUT2D eigenvalue weighted by Gasteiger charge is 2.18. The topological polar surface area (TPSA) is 113 Å². The summed E-state index contributed by atoms with van der Waals surface area (Å²) in [7, 11) is 0. The summed E-state index contributed by atoms with van der Waals surface area (Å²) in [4.78, 5) is 34.7. The number of carbonyl (C=O) groups is 3. The summed E-state index contributed by atoms with van der Waals surface area (Å²) in [5.41, 5.74) is 6.13. The highest BCUT2D eigenvalue weighted by Crippen LogP contribution is 2.20. The Bertz CT molecular complexity index is 842. The van der Waals surface area contributed by atoms with Crippen LogP contribution in [0, 0.1) is 5.82 Å². The second kappa shape index (κ2) is 8.43. The van der Waals surface area contributed by atoms with Crippen LogP contribution in [-0.2, 0) is 9.59 Å².